The van der Waals surface area contributed by atoms with Gasteiger partial charge in [0.25, 0.3) is 0 Å². The molecular weight excluding hydrogens is 232 g/mol. The van der Waals surface area contributed by atoms with Crippen LogP contribution in [0.2, 0.25) is 0 Å². The Hall–Kier alpha value is -0.510. The molecule has 0 N–H and O–H groups in total. The standard InChI is InChI=1S/C14H18O2S/c1-17-12-4-2-10(3-5-12)8-11-9-16-14-13(11)6-7-15-14/h2-5,11,13-14H,6-9H2,1H3/t11-,13-,14+/m0/s1. The smallest absolute Gasteiger partial charge is 0.160 e. The maximum atomic E-state index is 5.68. The van der Waals surface area contributed by atoms with Gasteiger partial charge in [-0.05, 0) is 42.7 Å². The van der Waals surface area contributed by atoms with Gasteiger partial charge in [-0.15, -0.1) is 11.8 Å². The highest BCUT2D eigenvalue weighted by molar-refractivity contribution is 7.98. The summed E-state index contributed by atoms with van der Waals surface area (Å²) in [4.78, 5) is 1.33. The number of thioether (sulfide) groups is 1. The number of benzene rings is 1. The topological polar surface area (TPSA) is 18.5 Å². The molecule has 2 nitrogen and oxygen atoms in total. The second-order valence-electron chi connectivity index (χ2n) is 4.84. The highest BCUT2D eigenvalue weighted by Gasteiger charge is 2.41. The van der Waals surface area contributed by atoms with E-state index in [2.05, 4.69) is 30.5 Å². The first-order valence-corrected chi connectivity index (χ1v) is 7.45. The van der Waals surface area contributed by atoms with E-state index in [1.165, 1.54) is 10.5 Å². The first-order valence-electron chi connectivity index (χ1n) is 6.23. The van der Waals surface area contributed by atoms with Crippen LogP contribution < -0.4 is 0 Å². The lowest BCUT2D eigenvalue weighted by atomic mass is 9.88. The second-order valence-corrected chi connectivity index (χ2v) is 5.72. The molecule has 3 heteroatoms. The third-order valence-electron chi connectivity index (χ3n) is 3.82. The highest BCUT2D eigenvalue weighted by Crippen LogP contribution is 2.37. The van der Waals surface area contributed by atoms with E-state index in [4.69, 9.17) is 9.47 Å². The monoisotopic (exact) mass is 250 g/mol. The molecule has 0 spiro atoms. The largest absolute Gasteiger partial charge is 0.352 e. The lowest BCUT2D eigenvalue weighted by molar-refractivity contribution is -0.0905. The van der Waals surface area contributed by atoms with Gasteiger partial charge < -0.3 is 9.47 Å². The Labute approximate surface area is 107 Å². The Bertz CT molecular complexity index is 376. The summed E-state index contributed by atoms with van der Waals surface area (Å²) in [5.41, 5.74) is 1.42. The third-order valence-corrected chi connectivity index (χ3v) is 4.56. The fourth-order valence-corrected chi connectivity index (χ4v) is 3.23. The fourth-order valence-electron chi connectivity index (χ4n) is 2.83. The highest BCUT2D eigenvalue weighted by atomic mass is 32.2. The SMILES string of the molecule is CSc1ccc(C[C@H]2CO[C@H]3OCC[C@@H]23)cc1. The number of hydrogen-bond acceptors (Lipinski definition) is 3. The average molecular weight is 250 g/mol. The van der Waals surface area contributed by atoms with E-state index in [9.17, 15) is 0 Å². The van der Waals surface area contributed by atoms with Crippen LogP contribution in [0.3, 0.4) is 0 Å². The average Bonchev–Trinajstić information content (AvgIpc) is 2.95. The van der Waals surface area contributed by atoms with Crippen molar-refractivity contribution in [2.45, 2.75) is 24.0 Å². The molecule has 2 aliphatic heterocycles. The van der Waals surface area contributed by atoms with Gasteiger partial charge in [0.1, 0.15) is 0 Å². The van der Waals surface area contributed by atoms with Crippen LogP contribution in [0.15, 0.2) is 29.2 Å². The van der Waals surface area contributed by atoms with Gasteiger partial charge in [0, 0.05) is 10.8 Å². The lowest BCUT2D eigenvalue weighted by Gasteiger charge is -2.14. The molecule has 3 rings (SSSR count). The summed E-state index contributed by atoms with van der Waals surface area (Å²) in [6.07, 6.45) is 4.49. The van der Waals surface area contributed by atoms with Gasteiger partial charge in [-0.2, -0.15) is 0 Å². The Kier molecular flexibility index (Phi) is 3.41. The Balaban J connectivity index is 1.66. The minimum absolute atomic E-state index is 0.0884. The zero-order valence-corrected chi connectivity index (χ0v) is 10.9. The van der Waals surface area contributed by atoms with Crippen molar-refractivity contribution in [3.63, 3.8) is 0 Å². The molecule has 1 aromatic rings. The molecule has 0 amide bonds. The first kappa shape index (κ1) is 11.6. The summed E-state index contributed by atoms with van der Waals surface area (Å²) >= 11 is 1.79. The number of ether oxygens (including phenoxy) is 2. The van der Waals surface area contributed by atoms with Crippen molar-refractivity contribution < 1.29 is 9.47 Å². The fraction of sp³-hybridized carbons (Fsp3) is 0.571. The minimum Gasteiger partial charge on any atom is -0.352 e. The quantitative estimate of drug-likeness (QED) is 0.768. The Morgan fingerprint density at radius 2 is 2.06 bits per heavy atom. The molecule has 0 unspecified atom stereocenters. The summed E-state index contributed by atoms with van der Waals surface area (Å²) in [6.45, 7) is 1.73. The van der Waals surface area contributed by atoms with Crippen LogP contribution in [0.5, 0.6) is 0 Å². The molecule has 2 saturated heterocycles. The molecule has 0 bridgehead atoms. The predicted molar refractivity (Wildman–Crippen MR) is 69.2 cm³/mol. The van der Waals surface area contributed by atoms with Gasteiger partial charge >= 0.3 is 0 Å². The number of hydrogen-bond donors (Lipinski definition) is 0. The molecule has 2 fully saturated rings. The number of fused-ring (bicyclic) bond motifs is 1. The van der Waals surface area contributed by atoms with Gasteiger partial charge in [-0.25, -0.2) is 0 Å². The van der Waals surface area contributed by atoms with Crippen molar-refractivity contribution in [3.8, 4) is 0 Å². The molecule has 0 radical (unpaired) electrons. The second kappa shape index (κ2) is 5.01. The summed E-state index contributed by atoms with van der Waals surface area (Å²) in [6, 6.07) is 8.90. The van der Waals surface area contributed by atoms with Crippen LogP contribution in [0.1, 0.15) is 12.0 Å². The van der Waals surface area contributed by atoms with Crippen LogP contribution in [0, 0.1) is 11.8 Å². The van der Waals surface area contributed by atoms with Gasteiger partial charge in [-0.1, -0.05) is 12.1 Å². The van der Waals surface area contributed by atoms with E-state index in [-0.39, 0.29) is 6.29 Å². The molecule has 0 aliphatic carbocycles. The Morgan fingerprint density at radius 1 is 1.24 bits per heavy atom. The van der Waals surface area contributed by atoms with Gasteiger partial charge in [0.2, 0.25) is 0 Å². The lowest BCUT2D eigenvalue weighted by Crippen LogP contribution is -2.16. The van der Waals surface area contributed by atoms with Crippen molar-refractivity contribution in [1.82, 2.24) is 0 Å². The van der Waals surface area contributed by atoms with E-state index in [0.29, 0.717) is 11.8 Å². The van der Waals surface area contributed by atoms with Gasteiger partial charge in [-0.3, -0.25) is 0 Å². The molecule has 0 aromatic heterocycles. The first-order chi connectivity index (χ1) is 8.36. The third kappa shape index (κ3) is 2.37. The van der Waals surface area contributed by atoms with E-state index >= 15 is 0 Å². The molecule has 92 valence electrons. The molecule has 2 heterocycles. The van der Waals surface area contributed by atoms with Crippen molar-refractivity contribution in [2.75, 3.05) is 19.5 Å². The number of rotatable bonds is 3. The van der Waals surface area contributed by atoms with Gasteiger partial charge in [0.05, 0.1) is 13.2 Å². The zero-order chi connectivity index (χ0) is 11.7. The zero-order valence-electron chi connectivity index (χ0n) is 10.1. The maximum Gasteiger partial charge on any atom is 0.160 e. The van der Waals surface area contributed by atoms with Crippen LogP contribution >= 0.6 is 11.8 Å². The molecular formula is C14H18O2S. The molecule has 2 aliphatic rings. The maximum absolute atomic E-state index is 5.68. The van der Waals surface area contributed by atoms with E-state index < -0.39 is 0 Å². The molecule has 3 atom stereocenters. The van der Waals surface area contributed by atoms with Crippen molar-refractivity contribution in [3.05, 3.63) is 29.8 Å². The van der Waals surface area contributed by atoms with Crippen molar-refractivity contribution in [2.24, 2.45) is 11.8 Å². The predicted octanol–water partition coefficient (Wildman–Crippen LogP) is 2.96. The van der Waals surface area contributed by atoms with Crippen LogP contribution in [0.25, 0.3) is 0 Å². The summed E-state index contributed by atoms with van der Waals surface area (Å²) in [5, 5.41) is 0. The molecule has 17 heavy (non-hydrogen) atoms. The Morgan fingerprint density at radius 3 is 2.82 bits per heavy atom. The molecule has 1 aromatic carbocycles. The van der Waals surface area contributed by atoms with E-state index in [0.717, 1.165) is 26.1 Å². The molecule has 0 saturated carbocycles. The van der Waals surface area contributed by atoms with Gasteiger partial charge in [0.15, 0.2) is 6.29 Å². The normalized spacial score (nSPS) is 31.7. The van der Waals surface area contributed by atoms with E-state index in [1.54, 1.807) is 11.8 Å². The summed E-state index contributed by atoms with van der Waals surface area (Å²) in [5.74, 6) is 1.26. The van der Waals surface area contributed by atoms with E-state index in [1.807, 2.05) is 0 Å². The summed E-state index contributed by atoms with van der Waals surface area (Å²) < 4.78 is 11.2. The van der Waals surface area contributed by atoms with Crippen molar-refractivity contribution >= 4 is 11.8 Å². The van der Waals surface area contributed by atoms with Crippen molar-refractivity contribution in [1.29, 1.82) is 0 Å². The summed E-state index contributed by atoms with van der Waals surface area (Å²) in [7, 11) is 0. The van der Waals surface area contributed by atoms with Crippen LogP contribution in [-0.4, -0.2) is 25.8 Å². The minimum atomic E-state index is 0.0884. The van der Waals surface area contributed by atoms with Crippen LogP contribution in [-0.2, 0) is 15.9 Å². The van der Waals surface area contributed by atoms with Crippen LogP contribution in [0.4, 0.5) is 0 Å².